The molecule has 0 saturated heterocycles. The molecule has 0 bridgehead atoms. The number of benzene rings is 2. The summed E-state index contributed by atoms with van der Waals surface area (Å²) in [6.45, 7) is 0. The monoisotopic (exact) mass is 302 g/mol. The van der Waals surface area contributed by atoms with Gasteiger partial charge in [0.25, 0.3) is 0 Å². The molecule has 2 aromatic carbocycles. The minimum absolute atomic E-state index is 0.179. The lowest BCUT2D eigenvalue weighted by molar-refractivity contribution is 0.0686. The first-order valence-electron chi connectivity index (χ1n) is 5.08. The van der Waals surface area contributed by atoms with Gasteiger partial charge in [0.15, 0.2) is 0 Å². The van der Waals surface area contributed by atoms with Gasteiger partial charge in [-0.25, -0.2) is 13.6 Å². The van der Waals surface area contributed by atoms with E-state index in [4.69, 9.17) is 28.3 Å². The van der Waals surface area contributed by atoms with Gasteiger partial charge in [0.05, 0.1) is 10.0 Å². The maximum absolute atomic E-state index is 13.5. The highest BCUT2D eigenvalue weighted by molar-refractivity contribution is 6.42. The summed E-state index contributed by atoms with van der Waals surface area (Å²) in [5, 5.41) is 9.22. The number of hydrogen-bond acceptors (Lipinski definition) is 1. The number of halogens is 4. The van der Waals surface area contributed by atoms with E-state index in [1.165, 1.54) is 18.2 Å². The summed E-state index contributed by atoms with van der Waals surface area (Å²) in [5.41, 5.74) is -0.369. The molecule has 2 rings (SSSR count). The topological polar surface area (TPSA) is 37.3 Å². The highest BCUT2D eigenvalue weighted by Gasteiger charge is 2.18. The lowest BCUT2D eigenvalue weighted by atomic mass is 10.0. The third kappa shape index (κ3) is 2.69. The van der Waals surface area contributed by atoms with Gasteiger partial charge in [0, 0.05) is 0 Å². The molecule has 0 radical (unpaired) electrons. The predicted molar refractivity (Wildman–Crippen MR) is 68.8 cm³/mol. The van der Waals surface area contributed by atoms with Crippen molar-refractivity contribution in [2.75, 3.05) is 0 Å². The standard InChI is InChI=1S/C13H6Cl2F2O2/c14-8-2-1-6(3-9(8)15)7-4-10(16)12(13(18)19)11(17)5-7/h1-5H,(H,18,19). The van der Waals surface area contributed by atoms with Crippen LogP contribution in [0.5, 0.6) is 0 Å². The van der Waals surface area contributed by atoms with Crippen molar-refractivity contribution in [2.45, 2.75) is 0 Å². The van der Waals surface area contributed by atoms with Crippen molar-refractivity contribution in [3.63, 3.8) is 0 Å². The van der Waals surface area contributed by atoms with E-state index in [0.717, 1.165) is 12.1 Å². The van der Waals surface area contributed by atoms with Crippen molar-refractivity contribution in [2.24, 2.45) is 0 Å². The summed E-state index contributed by atoms with van der Waals surface area (Å²) >= 11 is 11.6. The van der Waals surface area contributed by atoms with E-state index in [0.29, 0.717) is 10.6 Å². The first kappa shape index (κ1) is 13.8. The Hall–Kier alpha value is -1.65. The van der Waals surface area contributed by atoms with Crippen LogP contribution in [0.2, 0.25) is 10.0 Å². The second kappa shape index (κ2) is 5.15. The zero-order valence-electron chi connectivity index (χ0n) is 9.25. The van der Waals surface area contributed by atoms with Gasteiger partial charge < -0.3 is 5.11 Å². The number of aromatic carboxylic acids is 1. The van der Waals surface area contributed by atoms with Crippen LogP contribution in [0.1, 0.15) is 10.4 Å². The second-order valence-corrected chi connectivity index (χ2v) is 4.56. The van der Waals surface area contributed by atoms with E-state index in [1.807, 2.05) is 0 Å². The third-order valence-corrected chi connectivity index (χ3v) is 3.25. The van der Waals surface area contributed by atoms with Crippen molar-refractivity contribution in [1.82, 2.24) is 0 Å². The molecular formula is C13H6Cl2F2O2. The number of carbonyl (C=O) groups is 1. The Labute approximate surface area is 117 Å². The first-order valence-corrected chi connectivity index (χ1v) is 5.83. The molecule has 0 aliphatic rings. The molecule has 0 fully saturated rings. The van der Waals surface area contributed by atoms with Crippen molar-refractivity contribution in [3.8, 4) is 11.1 Å². The number of carboxylic acids is 1. The zero-order valence-corrected chi connectivity index (χ0v) is 10.8. The Morgan fingerprint density at radius 1 is 0.947 bits per heavy atom. The maximum Gasteiger partial charge on any atom is 0.341 e. The van der Waals surface area contributed by atoms with Crippen LogP contribution in [0.3, 0.4) is 0 Å². The minimum atomic E-state index is -1.66. The van der Waals surface area contributed by atoms with E-state index in [-0.39, 0.29) is 10.6 Å². The molecule has 2 aromatic rings. The molecule has 0 aliphatic carbocycles. The van der Waals surface area contributed by atoms with E-state index in [1.54, 1.807) is 0 Å². The van der Waals surface area contributed by atoms with Crippen molar-refractivity contribution in [3.05, 3.63) is 57.6 Å². The maximum atomic E-state index is 13.5. The molecule has 2 nitrogen and oxygen atoms in total. The average Bonchev–Trinajstić information content (AvgIpc) is 2.31. The molecule has 0 atom stereocenters. The van der Waals surface area contributed by atoms with Gasteiger partial charge >= 0.3 is 5.97 Å². The van der Waals surface area contributed by atoms with E-state index in [9.17, 15) is 13.6 Å². The Balaban J connectivity index is 2.58. The van der Waals surface area contributed by atoms with Crippen LogP contribution in [0.25, 0.3) is 11.1 Å². The first-order chi connectivity index (χ1) is 8.90. The van der Waals surface area contributed by atoms with Crippen molar-refractivity contribution >= 4 is 29.2 Å². The highest BCUT2D eigenvalue weighted by atomic mass is 35.5. The summed E-state index contributed by atoms with van der Waals surface area (Å²) < 4.78 is 27.1. The van der Waals surface area contributed by atoms with Crippen LogP contribution in [-0.4, -0.2) is 11.1 Å². The van der Waals surface area contributed by atoms with Gasteiger partial charge in [-0.15, -0.1) is 0 Å². The number of rotatable bonds is 2. The van der Waals surface area contributed by atoms with Crippen molar-refractivity contribution < 1.29 is 18.7 Å². The molecule has 0 unspecified atom stereocenters. The smallest absolute Gasteiger partial charge is 0.341 e. The Morgan fingerprint density at radius 3 is 2.00 bits per heavy atom. The van der Waals surface area contributed by atoms with E-state index in [2.05, 4.69) is 0 Å². The molecule has 0 aromatic heterocycles. The van der Waals surface area contributed by atoms with Gasteiger partial charge in [-0.3, -0.25) is 0 Å². The SMILES string of the molecule is O=C(O)c1c(F)cc(-c2ccc(Cl)c(Cl)c2)cc1F. The predicted octanol–water partition coefficient (Wildman–Crippen LogP) is 4.64. The Morgan fingerprint density at radius 2 is 1.53 bits per heavy atom. The lowest BCUT2D eigenvalue weighted by Gasteiger charge is -2.06. The molecular weight excluding hydrogens is 297 g/mol. The molecule has 98 valence electrons. The van der Waals surface area contributed by atoms with Crippen LogP contribution in [0, 0.1) is 11.6 Å². The second-order valence-electron chi connectivity index (χ2n) is 3.75. The average molecular weight is 303 g/mol. The summed E-state index contributed by atoms with van der Waals surface area (Å²) in [6, 6.07) is 6.33. The lowest BCUT2D eigenvalue weighted by Crippen LogP contribution is -2.04. The fourth-order valence-corrected chi connectivity index (χ4v) is 1.92. The van der Waals surface area contributed by atoms with Crippen LogP contribution < -0.4 is 0 Å². The van der Waals surface area contributed by atoms with E-state index < -0.39 is 23.2 Å². The van der Waals surface area contributed by atoms with Gasteiger partial charge in [-0.1, -0.05) is 29.3 Å². The number of hydrogen-bond donors (Lipinski definition) is 1. The third-order valence-electron chi connectivity index (χ3n) is 2.51. The summed E-state index contributed by atoms with van der Waals surface area (Å²) in [6.07, 6.45) is 0. The Bertz CT molecular complexity index is 649. The summed E-state index contributed by atoms with van der Waals surface area (Å²) in [5.74, 6) is -3.95. The molecule has 0 spiro atoms. The normalized spacial score (nSPS) is 10.5. The van der Waals surface area contributed by atoms with Crippen LogP contribution in [-0.2, 0) is 0 Å². The fraction of sp³-hybridized carbons (Fsp3) is 0. The molecule has 19 heavy (non-hydrogen) atoms. The molecule has 1 N–H and O–H groups in total. The molecule has 0 aliphatic heterocycles. The van der Waals surface area contributed by atoms with Gasteiger partial charge in [0.2, 0.25) is 0 Å². The Kier molecular flexibility index (Phi) is 3.73. The fourth-order valence-electron chi connectivity index (χ4n) is 1.62. The van der Waals surface area contributed by atoms with Gasteiger partial charge in [0.1, 0.15) is 17.2 Å². The molecule has 0 saturated carbocycles. The van der Waals surface area contributed by atoms with Crippen LogP contribution in [0.15, 0.2) is 30.3 Å². The van der Waals surface area contributed by atoms with Crippen molar-refractivity contribution in [1.29, 1.82) is 0 Å². The zero-order chi connectivity index (χ0) is 14.2. The highest BCUT2D eigenvalue weighted by Crippen LogP contribution is 2.30. The molecule has 6 heteroatoms. The largest absolute Gasteiger partial charge is 0.477 e. The molecule has 0 heterocycles. The number of carboxylic acid groups (broad SMARTS) is 1. The van der Waals surface area contributed by atoms with Gasteiger partial charge in [-0.2, -0.15) is 0 Å². The molecule has 0 amide bonds. The van der Waals surface area contributed by atoms with Gasteiger partial charge in [-0.05, 0) is 35.4 Å². The quantitative estimate of drug-likeness (QED) is 0.877. The van der Waals surface area contributed by atoms with Crippen LogP contribution >= 0.6 is 23.2 Å². The summed E-state index contributed by atoms with van der Waals surface area (Å²) in [4.78, 5) is 10.7. The summed E-state index contributed by atoms with van der Waals surface area (Å²) in [7, 11) is 0. The minimum Gasteiger partial charge on any atom is -0.477 e. The van der Waals surface area contributed by atoms with E-state index >= 15 is 0 Å². The van der Waals surface area contributed by atoms with Crippen LogP contribution in [0.4, 0.5) is 8.78 Å².